The Balaban J connectivity index is 1.57. The number of amides is 1. The zero-order valence-corrected chi connectivity index (χ0v) is 16.6. The second-order valence-corrected chi connectivity index (χ2v) is 8.10. The molecule has 3 rings (SSSR count). The van der Waals surface area contributed by atoms with Gasteiger partial charge in [-0.15, -0.1) is 0 Å². The molecular formula is C22H23NO4S. The molecule has 1 amide bonds. The number of ether oxygens (including phenoxy) is 1. The van der Waals surface area contributed by atoms with Crippen molar-refractivity contribution in [3.8, 4) is 0 Å². The van der Waals surface area contributed by atoms with Crippen molar-refractivity contribution in [2.75, 3.05) is 25.4 Å². The van der Waals surface area contributed by atoms with Gasteiger partial charge in [0.1, 0.15) is 0 Å². The highest BCUT2D eigenvalue weighted by Gasteiger charge is 2.21. The van der Waals surface area contributed by atoms with Crippen molar-refractivity contribution in [3.63, 3.8) is 0 Å². The van der Waals surface area contributed by atoms with Crippen LogP contribution in [0.25, 0.3) is 5.57 Å². The minimum Gasteiger partial charge on any atom is -0.452 e. The standard InChI is InChI=1S/C22H23NO4S/c1-2-28(26)20-11-7-6-10-19(20)22(25)27-16-21(24)23-14-12-18(13-15-23)17-8-4-3-5-9-17/h3-12H,2,13-16H2,1H3/t28-/m1/s1. The summed E-state index contributed by atoms with van der Waals surface area (Å²) in [5.41, 5.74) is 2.64. The van der Waals surface area contributed by atoms with Gasteiger partial charge in [-0.25, -0.2) is 4.79 Å². The van der Waals surface area contributed by atoms with E-state index in [2.05, 4.69) is 12.1 Å². The van der Waals surface area contributed by atoms with Crippen LogP contribution < -0.4 is 0 Å². The van der Waals surface area contributed by atoms with Crippen molar-refractivity contribution in [1.29, 1.82) is 0 Å². The summed E-state index contributed by atoms with van der Waals surface area (Å²) < 4.78 is 17.3. The zero-order chi connectivity index (χ0) is 19.9. The summed E-state index contributed by atoms with van der Waals surface area (Å²) in [5, 5.41) is 0. The largest absolute Gasteiger partial charge is 0.452 e. The summed E-state index contributed by atoms with van der Waals surface area (Å²) in [7, 11) is -1.27. The highest BCUT2D eigenvalue weighted by atomic mass is 32.2. The van der Waals surface area contributed by atoms with Gasteiger partial charge in [-0.2, -0.15) is 0 Å². The van der Waals surface area contributed by atoms with Crippen LogP contribution in [0.2, 0.25) is 0 Å². The lowest BCUT2D eigenvalue weighted by Gasteiger charge is -2.26. The molecule has 0 aliphatic carbocycles. The number of nitrogens with zero attached hydrogens (tertiary/aromatic N) is 1. The maximum atomic E-state index is 12.4. The summed E-state index contributed by atoms with van der Waals surface area (Å²) in [6.45, 7) is 2.56. The molecule has 5 nitrogen and oxygen atoms in total. The van der Waals surface area contributed by atoms with Crippen LogP contribution in [0.15, 0.2) is 65.6 Å². The first-order chi connectivity index (χ1) is 13.6. The van der Waals surface area contributed by atoms with E-state index in [1.807, 2.05) is 24.3 Å². The summed E-state index contributed by atoms with van der Waals surface area (Å²) in [6.07, 6.45) is 2.81. The first kappa shape index (κ1) is 20.0. The fourth-order valence-corrected chi connectivity index (χ4v) is 4.03. The van der Waals surface area contributed by atoms with Gasteiger partial charge >= 0.3 is 5.97 Å². The Morgan fingerprint density at radius 1 is 1.07 bits per heavy atom. The molecule has 1 aliphatic rings. The quantitative estimate of drug-likeness (QED) is 0.702. The van der Waals surface area contributed by atoms with Crippen molar-refractivity contribution in [1.82, 2.24) is 4.90 Å². The minimum absolute atomic E-state index is 0.231. The van der Waals surface area contributed by atoms with Crippen LogP contribution in [0.4, 0.5) is 0 Å². The zero-order valence-electron chi connectivity index (χ0n) is 15.8. The van der Waals surface area contributed by atoms with Crippen LogP contribution in [0.1, 0.15) is 29.3 Å². The van der Waals surface area contributed by atoms with Crippen LogP contribution in [-0.4, -0.2) is 46.4 Å². The van der Waals surface area contributed by atoms with E-state index in [1.54, 1.807) is 36.1 Å². The Morgan fingerprint density at radius 2 is 1.79 bits per heavy atom. The Morgan fingerprint density at radius 3 is 2.46 bits per heavy atom. The molecule has 0 unspecified atom stereocenters. The van der Waals surface area contributed by atoms with Crippen LogP contribution >= 0.6 is 0 Å². The molecule has 0 N–H and O–H groups in total. The molecule has 6 heteroatoms. The molecular weight excluding hydrogens is 374 g/mol. The lowest BCUT2D eigenvalue weighted by molar-refractivity contribution is -0.134. The minimum atomic E-state index is -1.27. The predicted octanol–water partition coefficient (Wildman–Crippen LogP) is 3.29. The third-order valence-electron chi connectivity index (χ3n) is 4.65. The molecule has 0 fully saturated rings. The molecule has 2 aromatic rings. The monoisotopic (exact) mass is 397 g/mol. The summed E-state index contributed by atoms with van der Waals surface area (Å²) in [5.74, 6) is -0.443. The third kappa shape index (κ3) is 4.75. The number of carbonyl (C=O) groups excluding carboxylic acids is 2. The van der Waals surface area contributed by atoms with E-state index in [-0.39, 0.29) is 18.1 Å². The van der Waals surface area contributed by atoms with Crippen molar-refractivity contribution in [2.24, 2.45) is 0 Å². The van der Waals surface area contributed by atoms with Crippen molar-refractivity contribution in [3.05, 3.63) is 71.8 Å². The molecule has 0 bridgehead atoms. The third-order valence-corrected chi connectivity index (χ3v) is 6.02. The second kappa shape index (κ2) is 9.46. The molecule has 0 spiro atoms. The van der Waals surface area contributed by atoms with E-state index in [1.165, 1.54) is 11.1 Å². The maximum absolute atomic E-state index is 12.4. The van der Waals surface area contributed by atoms with Crippen molar-refractivity contribution in [2.45, 2.75) is 18.2 Å². The predicted molar refractivity (Wildman–Crippen MR) is 109 cm³/mol. The molecule has 0 saturated heterocycles. The first-order valence-corrected chi connectivity index (χ1v) is 10.6. The summed E-state index contributed by atoms with van der Waals surface area (Å²) in [6, 6.07) is 16.7. The number of rotatable bonds is 6. The van der Waals surface area contributed by atoms with Crippen LogP contribution in [0.5, 0.6) is 0 Å². The molecule has 28 heavy (non-hydrogen) atoms. The molecule has 146 valence electrons. The van der Waals surface area contributed by atoms with E-state index in [0.29, 0.717) is 23.7 Å². The number of benzene rings is 2. The lowest BCUT2D eigenvalue weighted by atomic mass is 10.00. The van der Waals surface area contributed by atoms with Crippen molar-refractivity contribution < 1.29 is 18.5 Å². The van der Waals surface area contributed by atoms with Gasteiger partial charge in [0, 0.05) is 18.8 Å². The van der Waals surface area contributed by atoms with Gasteiger partial charge in [-0.3, -0.25) is 9.00 Å². The SMILES string of the molecule is CC[S@@](=O)c1ccccc1C(=O)OCC(=O)N1CC=C(c2ccccc2)CC1. The Kier molecular flexibility index (Phi) is 6.76. The summed E-state index contributed by atoms with van der Waals surface area (Å²) >= 11 is 0. The van der Waals surface area contributed by atoms with E-state index >= 15 is 0 Å². The molecule has 2 aromatic carbocycles. The van der Waals surface area contributed by atoms with Gasteiger partial charge in [0.15, 0.2) is 6.61 Å². The van der Waals surface area contributed by atoms with E-state index in [4.69, 9.17) is 4.74 Å². The molecule has 0 aromatic heterocycles. The van der Waals surface area contributed by atoms with Gasteiger partial charge in [0.05, 0.1) is 21.3 Å². The second-order valence-electron chi connectivity index (χ2n) is 6.39. The Hall–Kier alpha value is -2.73. The van der Waals surface area contributed by atoms with Gasteiger partial charge in [0.25, 0.3) is 5.91 Å². The smallest absolute Gasteiger partial charge is 0.339 e. The molecule has 1 heterocycles. The lowest BCUT2D eigenvalue weighted by Crippen LogP contribution is -2.37. The van der Waals surface area contributed by atoms with Crippen molar-refractivity contribution >= 4 is 28.2 Å². The number of carbonyl (C=O) groups is 2. The molecule has 0 radical (unpaired) electrons. The van der Waals surface area contributed by atoms with Crippen LogP contribution in [0.3, 0.4) is 0 Å². The van der Waals surface area contributed by atoms with Gasteiger partial charge < -0.3 is 9.64 Å². The maximum Gasteiger partial charge on any atom is 0.339 e. The normalized spacial score (nSPS) is 14.9. The van der Waals surface area contributed by atoms with E-state index < -0.39 is 16.8 Å². The Bertz CT molecular complexity index is 908. The average molecular weight is 397 g/mol. The molecule has 1 atom stereocenters. The Labute approximate surface area is 167 Å². The van der Waals surface area contributed by atoms with Gasteiger partial charge in [-0.05, 0) is 29.7 Å². The van der Waals surface area contributed by atoms with Crippen LogP contribution in [0, 0.1) is 0 Å². The molecule has 1 aliphatic heterocycles. The highest BCUT2D eigenvalue weighted by Crippen LogP contribution is 2.22. The fraction of sp³-hybridized carbons (Fsp3) is 0.273. The molecule has 0 saturated carbocycles. The van der Waals surface area contributed by atoms with E-state index in [0.717, 1.165) is 6.42 Å². The van der Waals surface area contributed by atoms with Gasteiger partial charge in [0.2, 0.25) is 0 Å². The van der Waals surface area contributed by atoms with Crippen LogP contribution in [-0.2, 0) is 20.3 Å². The van der Waals surface area contributed by atoms with E-state index in [9.17, 15) is 13.8 Å². The topological polar surface area (TPSA) is 63.7 Å². The first-order valence-electron chi connectivity index (χ1n) is 9.27. The number of hydrogen-bond acceptors (Lipinski definition) is 4. The van der Waals surface area contributed by atoms with Gasteiger partial charge in [-0.1, -0.05) is 55.5 Å². The highest BCUT2D eigenvalue weighted by molar-refractivity contribution is 7.85. The average Bonchev–Trinajstić information content (AvgIpc) is 2.77. The fourth-order valence-electron chi connectivity index (χ4n) is 3.10. The number of esters is 1. The number of hydrogen-bond donors (Lipinski definition) is 0. The summed E-state index contributed by atoms with van der Waals surface area (Å²) in [4.78, 5) is 26.9.